The van der Waals surface area contributed by atoms with Crippen molar-refractivity contribution in [3.8, 4) is 0 Å². The Morgan fingerprint density at radius 1 is 1.07 bits per heavy atom. The Bertz CT molecular complexity index is 829. The van der Waals surface area contributed by atoms with Crippen LogP contribution in [0, 0.1) is 47.3 Å². The van der Waals surface area contributed by atoms with Gasteiger partial charge in [0.15, 0.2) is 5.78 Å². The third-order valence-corrected chi connectivity index (χ3v) is 10.4. The van der Waals surface area contributed by atoms with Gasteiger partial charge in [-0.15, -0.1) is 0 Å². The molecule has 4 fully saturated rings. The van der Waals surface area contributed by atoms with E-state index in [4.69, 9.17) is 0 Å². The Morgan fingerprint density at radius 3 is 2.57 bits per heavy atom. The summed E-state index contributed by atoms with van der Waals surface area (Å²) in [5, 5.41) is 10.7. The van der Waals surface area contributed by atoms with Crippen LogP contribution in [0.4, 0.5) is 0 Å². The minimum absolute atomic E-state index is 0.178. The zero-order valence-corrected chi connectivity index (χ0v) is 19.4. The molecule has 1 N–H and O–H groups in total. The van der Waals surface area contributed by atoms with Crippen LogP contribution < -0.4 is 0 Å². The van der Waals surface area contributed by atoms with Gasteiger partial charge in [0.25, 0.3) is 0 Å². The molecule has 1 heterocycles. The second-order valence-electron chi connectivity index (χ2n) is 12.2. The predicted molar refractivity (Wildman–Crippen MR) is 118 cm³/mol. The number of hydrogen-bond acceptors (Lipinski definition) is 3. The second kappa shape index (κ2) is 6.92. The number of aliphatic hydroxyl groups is 1. The maximum absolute atomic E-state index is 13.3. The SMILES string of the molecule is Cc1cn(CC(=O)[C@H]2CC[C@H]3[C@@H]4CCC5C[C@](C)(O)CC[C@]5(C)[C@H]4CC[C@]23C)cn1. The number of aromatic nitrogens is 2. The van der Waals surface area contributed by atoms with Gasteiger partial charge in [-0.05, 0) is 106 Å². The highest BCUT2D eigenvalue weighted by atomic mass is 16.3. The fourth-order valence-electron chi connectivity index (χ4n) is 8.81. The maximum atomic E-state index is 13.3. The van der Waals surface area contributed by atoms with Crippen LogP contribution in [-0.2, 0) is 11.3 Å². The first kappa shape index (κ1) is 20.7. The van der Waals surface area contributed by atoms with Crippen LogP contribution in [-0.4, -0.2) is 26.0 Å². The molecule has 1 aromatic heterocycles. The fourth-order valence-corrected chi connectivity index (χ4v) is 8.81. The molecule has 4 saturated carbocycles. The quantitative estimate of drug-likeness (QED) is 0.745. The third-order valence-electron chi connectivity index (χ3n) is 10.4. The van der Waals surface area contributed by atoms with Crippen molar-refractivity contribution in [2.75, 3.05) is 0 Å². The first-order chi connectivity index (χ1) is 14.1. The van der Waals surface area contributed by atoms with Crippen molar-refractivity contribution in [2.24, 2.45) is 40.4 Å². The average molecular weight is 413 g/mol. The first-order valence-corrected chi connectivity index (χ1v) is 12.4. The van der Waals surface area contributed by atoms with E-state index in [-0.39, 0.29) is 11.3 Å². The molecule has 1 unspecified atom stereocenters. The molecule has 5 rings (SSSR count). The Morgan fingerprint density at radius 2 is 1.83 bits per heavy atom. The number of Topliss-reactive ketones (excluding diaryl/α,β-unsaturated/α-hetero) is 1. The van der Waals surface area contributed by atoms with E-state index in [9.17, 15) is 9.90 Å². The van der Waals surface area contributed by atoms with Gasteiger partial charge in [0.2, 0.25) is 0 Å². The number of hydrogen-bond donors (Lipinski definition) is 1. The predicted octanol–water partition coefficient (Wildman–Crippen LogP) is 5.17. The van der Waals surface area contributed by atoms with Gasteiger partial charge in [0, 0.05) is 12.1 Å². The topological polar surface area (TPSA) is 55.1 Å². The summed E-state index contributed by atoms with van der Waals surface area (Å²) in [5.74, 6) is 3.58. The molecule has 8 atom stereocenters. The maximum Gasteiger partial charge on any atom is 0.156 e. The number of carbonyl (C=O) groups excluding carboxylic acids is 1. The van der Waals surface area contributed by atoms with Gasteiger partial charge in [-0.2, -0.15) is 0 Å². The Kier molecular flexibility index (Phi) is 4.78. The number of carbonyl (C=O) groups is 1. The molecule has 0 aliphatic heterocycles. The average Bonchev–Trinajstić information content (AvgIpc) is 3.24. The molecule has 0 saturated heterocycles. The largest absolute Gasteiger partial charge is 0.390 e. The summed E-state index contributed by atoms with van der Waals surface area (Å²) in [6, 6.07) is 0. The second-order valence-corrected chi connectivity index (χ2v) is 12.2. The molecule has 4 aliphatic carbocycles. The van der Waals surface area contributed by atoms with Crippen molar-refractivity contribution in [1.82, 2.24) is 9.55 Å². The van der Waals surface area contributed by atoms with E-state index in [1.165, 1.54) is 38.5 Å². The van der Waals surface area contributed by atoms with Gasteiger partial charge >= 0.3 is 0 Å². The number of fused-ring (bicyclic) bond motifs is 5. The lowest BCUT2D eigenvalue weighted by atomic mass is 9.44. The molecule has 0 spiro atoms. The molecule has 0 amide bonds. The highest BCUT2D eigenvalue weighted by molar-refractivity contribution is 5.82. The van der Waals surface area contributed by atoms with E-state index in [1.54, 1.807) is 6.33 Å². The smallest absolute Gasteiger partial charge is 0.156 e. The first-order valence-electron chi connectivity index (χ1n) is 12.4. The monoisotopic (exact) mass is 412 g/mol. The van der Waals surface area contributed by atoms with Crippen LogP contribution in [0.2, 0.25) is 0 Å². The Hall–Kier alpha value is -1.16. The highest BCUT2D eigenvalue weighted by Gasteiger charge is 2.61. The van der Waals surface area contributed by atoms with Gasteiger partial charge in [-0.25, -0.2) is 4.98 Å². The number of ketones is 1. The Labute approximate surface area is 181 Å². The molecule has 1 aromatic rings. The minimum atomic E-state index is -0.462. The zero-order valence-electron chi connectivity index (χ0n) is 19.4. The molecule has 166 valence electrons. The highest BCUT2D eigenvalue weighted by Crippen LogP contribution is 2.68. The third kappa shape index (κ3) is 3.12. The van der Waals surface area contributed by atoms with Gasteiger partial charge in [-0.3, -0.25) is 4.79 Å². The van der Waals surface area contributed by atoms with Gasteiger partial charge in [-0.1, -0.05) is 13.8 Å². The summed E-state index contributed by atoms with van der Waals surface area (Å²) < 4.78 is 1.97. The normalized spacial score (nSPS) is 48.0. The van der Waals surface area contributed by atoms with Crippen molar-refractivity contribution < 1.29 is 9.90 Å². The van der Waals surface area contributed by atoms with Crippen LogP contribution in [0.15, 0.2) is 12.5 Å². The zero-order chi connectivity index (χ0) is 21.3. The molecular formula is C26H40N2O2. The summed E-state index contributed by atoms with van der Waals surface area (Å²) in [5.41, 5.74) is 1.09. The van der Waals surface area contributed by atoms with E-state index in [2.05, 4.69) is 18.8 Å². The van der Waals surface area contributed by atoms with Crippen LogP contribution in [0.5, 0.6) is 0 Å². The fraction of sp³-hybridized carbons (Fsp3) is 0.846. The van der Waals surface area contributed by atoms with Gasteiger partial charge in [0.1, 0.15) is 0 Å². The van der Waals surface area contributed by atoms with E-state index in [0.29, 0.717) is 29.6 Å². The van der Waals surface area contributed by atoms with Gasteiger partial charge in [0.05, 0.1) is 24.2 Å². The van der Waals surface area contributed by atoms with Crippen LogP contribution in [0.1, 0.15) is 84.3 Å². The number of aryl methyl sites for hydroxylation is 1. The van der Waals surface area contributed by atoms with Crippen molar-refractivity contribution in [1.29, 1.82) is 0 Å². The van der Waals surface area contributed by atoms with Gasteiger partial charge < -0.3 is 9.67 Å². The lowest BCUT2D eigenvalue weighted by Gasteiger charge is -2.61. The molecule has 0 aromatic carbocycles. The van der Waals surface area contributed by atoms with E-state index < -0.39 is 5.60 Å². The van der Waals surface area contributed by atoms with E-state index in [1.807, 2.05) is 24.6 Å². The van der Waals surface area contributed by atoms with Crippen LogP contribution in [0.25, 0.3) is 0 Å². The van der Waals surface area contributed by atoms with Crippen molar-refractivity contribution in [2.45, 2.75) is 97.6 Å². The molecule has 0 bridgehead atoms. The van der Waals surface area contributed by atoms with Crippen molar-refractivity contribution in [3.63, 3.8) is 0 Å². The molecule has 4 heteroatoms. The van der Waals surface area contributed by atoms with Crippen LogP contribution in [0.3, 0.4) is 0 Å². The van der Waals surface area contributed by atoms with Crippen molar-refractivity contribution >= 4 is 5.78 Å². The van der Waals surface area contributed by atoms with Crippen LogP contribution >= 0.6 is 0 Å². The number of nitrogens with zero attached hydrogens (tertiary/aromatic N) is 2. The van der Waals surface area contributed by atoms with Crippen molar-refractivity contribution in [3.05, 3.63) is 18.2 Å². The molecule has 0 radical (unpaired) electrons. The molecular weight excluding hydrogens is 372 g/mol. The summed E-state index contributed by atoms with van der Waals surface area (Å²) in [4.78, 5) is 17.6. The lowest BCUT2D eigenvalue weighted by molar-refractivity contribution is -0.151. The summed E-state index contributed by atoms with van der Waals surface area (Å²) in [6.45, 7) is 9.51. The summed E-state index contributed by atoms with van der Waals surface area (Å²) in [6.07, 6.45) is 14.3. The standard InChI is InChI=1S/C26H40N2O2/c1-17-14-28(16-27-17)15-23(29)22-8-7-20-19-6-5-18-13-24(2,30)11-12-25(18,3)21(19)9-10-26(20,22)4/h14,16,18-22,30H,5-13,15H2,1-4H3/t18?,19-,20-,21-,22+,24+,25-,26-/m0/s1. The number of rotatable bonds is 3. The minimum Gasteiger partial charge on any atom is -0.390 e. The van der Waals surface area contributed by atoms with E-state index >= 15 is 0 Å². The lowest BCUT2D eigenvalue weighted by Crippen LogP contribution is -2.55. The summed E-state index contributed by atoms with van der Waals surface area (Å²) in [7, 11) is 0. The van der Waals surface area contributed by atoms with E-state index in [0.717, 1.165) is 36.8 Å². The summed E-state index contributed by atoms with van der Waals surface area (Å²) >= 11 is 0. The number of imidazole rings is 1. The molecule has 30 heavy (non-hydrogen) atoms. The Balaban J connectivity index is 1.34. The molecule has 4 nitrogen and oxygen atoms in total. The molecule has 4 aliphatic rings.